The SMILES string of the molecule is CCc1cc(C#CCCl)ccn1. The van der Waals surface area contributed by atoms with Crippen molar-refractivity contribution >= 4 is 11.6 Å². The van der Waals surface area contributed by atoms with Gasteiger partial charge in [0.15, 0.2) is 0 Å². The van der Waals surface area contributed by atoms with Gasteiger partial charge < -0.3 is 0 Å². The van der Waals surface area contributed by atoms with Gasteiger partial charge in [-0.25, -0.2) is 0 Å². The van der Waals surface area contributed by atoms with E-state index in [1.54, 1.807) is 6.20 Å². The lowest BCUT2D eigenvalue weighted by atomic mass is 10.2. The maximum absolute atomic E-state index is 5.44. The summed E-state index contributed by atoms with van der Waals surface area (Å²) >= 11 is 5.44. The second-order valence-electron chi connectivity index (χ2n) is 2.32. The molecule has 0 radical (unpaired) electrons. The molecule has 12 heavy (non-hydrogen) atoms. The molecule has 0 N–H and O–H groups in total. The van der Waals surface area contributed by atoms with Crippen molar-refractivity contribution in [2.45, 2.75) is 13.3 Å². The molecule has 0 amide bonds. The van der Waals surface area contributed by atoms with E-state index in [4.69, 9.17) is 11.6 Å². The van der Waals surface area contributed by atoms with Crippen molar-refractivity contribution in [2.75, 3.05) is 5.88 Å². The average molecular weight is 180 g/mol. The smallest absolute Gasteiger partial charge is 0.0839 e. The zero-order valence-corrected chi connectivity index (χ0v) is 7.73. The molecule has 2 heteroatoms. The highest BCUT2D eigenvalue weighted by molar-refractivity contribution is 6.19. The van der Waals surface area contributed by atoms with E-state index >= 15 is 0 Å². The third-order valence-electron chi connectivity index (χ3n) is 1.48. The second kappa shape index (κ2) is 4.79. The van der Waals surface area contributed by atoms with Crippen LogP contribution in [0.25, 0.3) is 0 Å². The summed E-state index contributed by atoms with van der Waals surface area (Å²) in [6, 6.07) is 3.87. The van der Waals surface area contributed by atoms with Crippen LogP contribution < -0.4 is 0 Å². The summed E-state index contributed by atoms with van der Waals surface area (Å²) in [6.45, 7) is 2.07. The molecule has 1 aromatic rings. The molecule has 1 aromatic heterocycles. The molecular weight excluding hydrogens is 170 g/mol. The van der Waals surface area contributed by atoms with Crippen LogP contribution in [-0.2, 0) is 6.42 Å². The molecule has 0 fully saturated rings. The minimum Gasteiger partial charge on any atom is -0.261 e. The van der Waals surface area contributed by atoms with Crippen LogP contribution >= 0.6 is 11.6 Å². The Morgan fingerprint density at radius 3 is 3.08 bits per heavy atom. The Labute approximate surface area is 77.8 Å². The largest absolute Gasteiger partial charge is 0.261 e. The van der Waals surface area contributed by atoms with Crippen LogP contribution in [0.15, 0.2) is 18.3 Å². The summed E-state index contributed by atoms with van der Waals surface area (Å²) in [4.78, 5) is 4.17. The molecule has 0 aliphatic rings. The van der Waals surface area contributed by atoms with E-state index in [0.717, 1.165) is 17.7 Å². The fourth-order valence-corrected chi connectivity index (χ4v) is 0.952. The molecule has 1 heterocycles. The normalized spacial score (nSPS) is 8.83. The summed E-state index contributed by atoms with van der Waals surface area (Å²) in [6.07, 6.45) is 2.72. The third kappa shape index (κ3) is 2.56. The van der Waals surface area contributed by atoms with Crippen LogP contribution in [0, 0.1) is 11.8 Å². The van der Waals surface area contributed by atoms with Gasteiger partial charge in [0.05, 0.1) is 5.88 Å². The van der Waals surface area contributed by atoms with E-state index in [-0.39, 0.29) is 0 Å². The van der Waals surface area contributed by atoms with Crippen LogP contribution in [0.4, 0.5) is 0 Å². The first-order chi connectivity index (χ1) is 5.86. The second-order valence-corrected chi connectivity index (χ2v) is 2.59. The molecular formula is C10H10ClN. The Balaban J connectivity index is 2.86. The Morgan fingerprint density at radius 2 is 2.42 bits per heavy atom. The van der Waals surface area contributed by atoms with Crippen molar-refractivity contribution in [2.24, 2.45) is 0 Å². The zero-order valence-electron chi connectivity index (χ0n) is 6.97. The van der Waals surface area contributed by atoms with E-state index in [0.29, 0.717) is 5.88 Å². The van der Waals surface area contributed by atoms with Gasteiger partial charge in [-0.3, -0.25) is 4.98 Å². The fourth-order valence-electron chi connectivity index (χ4n) is 0.885. The van der Waals surface area contributed by atoms with E-state index < -0.39 is 0 Å². The predicted octanol–water partition coefficient (Wildman–Crippen LogP) is 2.23. The van der Waals surface area contributed by atoms with Crippen molar-refractivity contribution in [1.29, 1.82) is 0 Å². The minimum absolute atomic E-state index is 0.379. The van der Waals surface area contributed by atoms with Gasteiger partial charge in [0.25, 0.3) is 0 Å². The van der Waals surface area contributed by atoms with Crippen LogP contribution in [0.2, 0.25) is 0 Å². The van der Waals surface area contributed by atoms with Gasteiger partial charge >= 0.3 is 0 Å². The van der Waals surface area contributed by atoms with Gasteiger partial charge in [-0.2, -0.15) is 0 Å². The number of hydrogen-bond acceptors (Lipinski definition) is 1. The maximum atomic E-state index is 5.44. The lowest BCUT2D eigenvalue weighted by Crippen LogP contribution is -1.86. The topological polar surface area (TPSA) is 12.9 Å². The number of halogens is 1. The molecule has 62 valence electrons. The Hall–Kier alpha value is -1.00. The monoisotopic (exact) mass is 179 g/mol. The predicted molar refractivity (Wildman–Crippen MR) is 51.2 cm³/mol. The first-order valence-corrected chi connectivity index (χ1v) is 4.40. The molecule has 1 rings (SSSR count). The molecule has 0 bridgehead atoms. The summed E-state index contributed by atoms with van der Waals surface area (Å²) < 4.78 is 0. The average Bonchev–Trinajstić information content (AvgIpc) is 2.15. The van der Waals surface area contributed by atoms with Gasteiger partial charge in [0.1, 0.15) is 0 Å². The first kappa shape index (κ1) is 9.09. The zero-order chi connectivity index (χ0) is 8.81. The molecule has 0 aromatic carbocycles. The molecule has 0 spiro atoms. The van der Waals surface area contributed by atoms with Gasteiger partial charge in [-0.15, -0.1) is 11.6 Å². The Bertz CT molecular complexity index is 309. The highest BCUT2D eigenvalue weighted by Gasteiger charge is 1.90. The van der Waals surface area contributed by atoms with E-state index in [2.05, 4.69) is 23.7 Å². The van der Waals surface area contributed by atoms with Crippen molar-refractivity contribution in [3.8, 4) is 11.8 Å². The van der Waals surface area contributed by atoms with E-state index in [1.807, 2.05) is 12.1 Å². The van der Waals surface area contributed by atoms with Crippen molar-refractivity contribution in [1.82, 2.24) is 4.98 Å². The number of alkyl halides is 1. The number of aromatic nitrogens is 1. The Kier molecular flexibility index (Phi) is 3.63. The van der Waals surface area contributed by atoms with Crippen LogP contribution in [0.1, 0.15) is 18.2 Å². The summed E-state index contributed by atoms with van der Waals surface area (Å²) in [5.74, 6) is 6.13. The summed E-state index contributed by atoms with van der Waals surface area (Å²) in [5, 5.41) is 0. The third-order valence-corrected chi connectivity index (χ3v) is 1.61. The molecule has 0 saturated heterocycles. The van der Waals surface area contributed by atoms with Gasteiger partial charge in [0.2, 0.25) is 0 Å². The van der Waals surface area contributed by atoms with Crippen molar-refractivity contribution < 1.29 is 0 Å². The number of pyridine rings is 1. The van der Waals surface area contributed by atoms with E-state index in [1.165, 1.54) is 0 Å². The highest BCUT2D eigenvalue weighted by Crippen LogP contribution is 2.00. The molecule has 0 aliphatic heterocycles. The quantitative estimate of drug-likeness (QED) is 0.476. The van der Waals surface area contributed by atoms with Gasteiger partial charge in [0, 0.05) is 17.5 Å². The number of nitrogens with zero attached hydrogens (tertiary/aromatic N) is 1. The number of aryl methyl sites for hydroxylation is 1. The number of rotatable bonds is 1. The molecule has 0 atom stereocenters. The molecule has 1 nitrogen and oxygen atoms in total. The Morgan fingerprint density at radius 1 is 1.58 bits per heavy atom. The number of hydrogen-bond donors (Lipinski definition) is 0. The lowest BCUT2D eigenvalue weighted by molar-refractivity contribution is 1.03. The van der Waals surface area contributed by atoms with Crippen molar-refractivity contribution in [3.63, 3.8) is 0 Å². The summed E-state index contributed by atoms with van der Waals surface area (Å²) in [5.41, 5.74) is 2.05. The standard InChI is InChI=1S/C10H10ClN/c1-2-10-8-9(4-3-6-11)5-7-12-10/h5,7-8H,2,6H2,1H3. The van der Waals surface area contributed by atoms with Crippen LogP contribution in [0.3, 0.4) is 0 Å². The maximum Gasteiger partial charge on any atom is 0.0839 e. The van der Waals surface area contributed by atoms with Crippen LogP contribution in [0.5, 0.6) is 0 Å². The molecule has 0 aliphatic carbocycles. The molecule has 0 unspecified atom stereocenters. The molecule has 0 saturated carbocycles. The lowest BCUT2D eigenvalue weighted by Gasteiger charge is -1.94. The van der Waals surface area contributed by atoms with E-state index in [9.17, 15) is 0 Å². The van der Waals surface area contributed by atoms with Gasteiger partial charge in [-0.05, 0) is 18.6 Å². The summed E-state index contributed by atoms with van der Waals surface area (Å²) in [7, 11) is 0. The van der Waals surface area contributed by atoms with Crippen LogP contribution in [-0.4, -0.2) is 10.9 Å². The fraction of sp³-hybridized carbons (Fsp3) is 0.300. The minimum atomic E-state index is 0.379. The highest BCUT2D eigenvalue weighted by atomic mass is 35.5. The van der Waals surface area contributed by atoms with Gasteiger partial charge in [-0.1, -0.05) is 18.8 Å². The first-order valence-electron chi connectivity index (χ1n) is 3.86. The van der Waals surface area contributed by atoms with Crippen molar-refractivity contribution in [3.05, 3.63) is 29.6 Å².